The Hall–Kier alpha value is -2.38. The highest BCUT2D eigenvalue weighted by molar-refractivity contribution is 7.92. The molecule has 26 heavy (non-hydrogen) atoms. The van der Waals surface area contributed by atoms with E-state index in [0.29, 0.717) is 23.4 Å². The normalized spacial score (nSPS) is 11.2. The molecule has 0 aliphatic carbocycles. The van der Waals surface area contributed by atoms with Crippen molar-refractivity contribution >= 4 is 21.6 Å². The summed E-state index contributed by atoms with van der Waals surface area (Å²) in [5.41, 5.74) is 2.40. The molecule has 2 N–H and O–H groups in total. The molecule has 2 aromatic carbocycles. The smallest absolute Gasteiger partial charge is 0.261 e. The number of aliphatic hydroxyl groups excluding tert-OH is 1. The first-order valence-electron chi connectivity index (χ1n) is 8.38. The van der Waals surface area contributed by atoms with Crippen LogP contribution in [0.4, 0.5) is 5.69 Å². The molecule has 0 radical (unpaired) electrons. The Morgan fingerprint density at radius 1 is 1.15 bits per heavy atom. The Labute approximate surface area is 154 Å². The molecule has 0 fully saturated rings. The van der Waals surface area contributed by atoms with Gasteiger partial charge in [0.15, 0.2) is 0 Å². The number of benzene rings is 2. The number of carbonyl (C=O) groups excluding carboxylic acids is 1. The van der Waals surface area contributed by atoms with E-state index in [1.165, 1.54) is 17.0 Å². The first-order valence-corrected chi connectivity index (χ1v) is 9.87. The number of nitrogens with one attached hydrogen (secondary N) is 1. The predicted octanol–water partition coefficient (Wildman–Crippen LogP) is 2.56. The second-order valence-electron chi connectivity index (χ2n) is 6.06. The van der Waals surface area contributed by atoms with E-state index in [2.05, 4.69) is 4.72 Å². The summed E-state index contributed by atoms with van der Waals surface area (Å²) in [7, 11) is -3.82. The molecule has 6 nitrogen and oxygen atoms in total. The van der Waals surface area contributed by atoms with Gasteiger partial charge in [0.05, 0.1) is 11.5 Å². The number of hydrogen-bond donors (Lipinski definition) is 2. The van der Waals surface area contributed by atoms with Crippen LogP contribution >= 0.6 is 0 Å². The van der Waals surface area contributed by atoms with Crippen molar-refractivity contribution < 1.29 is 18.3 Å². The minimum atomic E-state index is -3.82. The summed E-state index contributed by atoms with van der Waals surface area (Å²) < 4.78 is 27.9. The standard InChI is InChI=1S/C19H24N2O4S/c1-4-21(10-11-22)19(23)18-13-17(9-8-15(18)3)26(24,25)20-16-7-5-6-14(2)12-16/h5-9,12-13,20,22H,4,10-11H2,1-3H3. The van der Waals surface area contributed by atoms with Crippen LogP contribution in [0.2, 0.25) is 0 Å². The average Bonchev–Trinajstić information content (AvgIpc) is 2.59. The van der Waals surface area contributed by atoms with Crippen molar-refractivity contribution in [3.05, 3.63) is 59.2 Å². The third-order valence-electron chi connectivity index (χ3n) is 4.06. The van der Waals surface area contributed by atoms with Crippen LogP contribution in [0.25, 0.3) is 0 Å². The molecule has 0 saturated carbocycles. The number of aryl methyl sites for hydroxylation is 2. The molecule has 0 aliphatic heterocycles. The largest absolute Gasteiger partial charge is 0.395 e. The van der Waals surface area contributed by atoms with Crippen LogP contribution in [0.15, 0.2) is 47.4 Å². The van der Waals surface area contributed by atoms with Crippen LogP contribution in [0.5, 0.6) is 0 Å². The number of carbonyl (C=O) groups is 1. The zero-order valence-corrected chi connectivity index (χ0v) is 16.0. The summed E-state index contributed by atoms with van der Waals surface area (Å²) in [4.78, 5) is 14.2. The Morgan fingerprint density at radius 3 is 2.50 bits per heavy atom. The lowest BCUT2D eigenvalue weighted by Gasteiger charge is -2.21. The number of likely N-dealkylation sites (N-methyl/N-ethyl adjacent to an activating group) is 1. The Balaban J connectivity index is 2.37. The van der Waals surface area contributed by atoms with E-state index >= 15 is 0 Å². The predicted molar refractivity (Wildman–Crippen MR) is 102 cm³/mol. The van der Waals surface area contributed by atoms with Crippen LogP contribution in [0, 0.1) is 13.8 Å². The maximum absolute atomic E-state index is 12.7. The van der Waals surface area contributed by atoms with Crippen molar-refractivity contribution in [2.75, 3.05) is 24.4 Å². The van der Waals surface area contributed by atoms with Crippen LogP contribution in [0.3, 0.4) is 0 Å². The molecule has 0 atom stereocenters. The summed E-state index contributed by atoms with van der Waals surface area (Å²) in [5.74, 6) is -0.299. The van der Waals surface area contributed by atoms with Gasteiger partial charge >= 0.3 is 0 Å². The summed E-state index contributed by atoms with van der Waals surface area (Å²) >= 11 is 0. The first kappa shape index (κ1) is 19.9. The minimum Gasteiger partial charge on any atom is -0.395 e. The SMILES string of the molecule is CCN(CCO)C(=O)c1cc(S(=O)(=O)Nc2cccc(C)c2)ccc1C. The number of anilines is 1. The summed E-state index contributed by atoms with van der Waals surface area (Å²) in [5, 5.41) is 9.10. The fourth-order valence-corrected chi connectivity index (χ4v) is 3.69. The third-order valence-corrected chi connectivity index (χ3v) is 5.44. The number of amides is 1. The molecule has 0 spiro atoms. The van der Waals surface area contributed by atoms with Crippen molar-refractivity contribution in [1.29, 1.82) is 0 Å². The molecule has 0 aliphatic rings. The van der Waals surface area contributed by atoms with Crippen LogP contribution < -0.4 is 4.72 Å². The first-order chi connectivity index (χ1) is 12.3. The van der Waals surface area contributed by atoms with E-state index in [9.17, 15) is 13.2 Å². The number of hydrogen-bond acceptors (Lipinski definition) is 4. The van der Waals surface area contributed by atoms with Crippen molar-refractivity contribution in [3.63, 3.8) is 0 Å². The molecule has 0 heterocycles. The molecular weight excluding hydrogens is 352 g/mol. The molecule has 0 bridgehead atoms. The Kier molecular flexibility index (Phi) is 6.39. The molecule has 1 amide bonds. The van der Waals surface area contributed by atoms with Gasteiger partial charge in [-0.3, -0.25) is 9.52 Å². The molecule has 2 aromatic rings. The summed E-state index contributed by atoms with van der Waals surface area (Å²) in [6, 6.07) is 11.5. The van der Waals surface area contributed by atoms with Crippen LogP contribution in [-0.4, -0.2) is 44.0 Å². The zero-order chi connectivity index (χ0) is 19.3. The Morgan fingerprint density at radius 2 is 1.88 bits per heavy atom. The molecule has 2 rings (SSSR count). The fraction of sp³-hybridized carbons (Fsp3) is 0.316. The second-order valence-corrected chi connectivity index (χ2v) is 7.74. The second kappa shape index (κ2) is 8.33. The van der Waals surface area contributed by atoms with Crippen molar-refractivity contribution in [1.82, 2.24) is 4.90 Å². The van der Waals surface area contributed by atoms with Crippen molar-refractivity contribution in [2.24, 2.45) is 0 Å². The molecule has 0 unspecified atom stereocenters. The topological polar surface area (TPSA) is 86.7 Å². The highest BCUT2D eigenvalue weighted by atomic mass is 32.2. The lowest BCUT2D eigenvalue weighted by Crippen LogP contribution is -2.34. The van der Waals surface area contributed by atoms with Gasteiger partial charge in [-0.25, -0.2) is 8.42 Å². The maximum Gasteiger partial charge on any atom is 0.261 e. The maximum atomic E-state index is 12.7. The highest BCUT2D eigenvalue weighted by Gasteiger charge is 2.21. The minimum absolute atomic E-state index is 0.0213. The van der Waals surface area contributed by atoms with Gasteiger partial charge in [-0.05, 0) is 56.2 Å². The van der Waals surface area contributed by atoms with E-state index in [-0.39, 0.29) is 24.0 Å². The van der Waals surface area contributed by atoms with Gasteiger partial charge in [-0.15, -0.1) is 0 Å². The van der Waals surface area contributed by atoms with Crippen LogP contribution in [0.1, 0.15) is 28.4 Å². The van der Waals surface area contributed by atoms with Crippen LogP contribution in [-0.2, 0) is 10.0 Å². The van der Waals surface area contributed by atoms with Gasteiger partial charge in [0.25, 0.3) is 15.9 Å². The quantitative estimate of drug-likeness (QED) is 0.777. The number of aliphatic hydroxyl groups is 1. The van der Waals surface area contributed by atoms with Gasteiger partial charge < -0.3 is 10.0 Å². The van der Waals surface area contributed by atoms with E-state index in [1.54, 1.807) is 31.2 Å². The number of rotatable bonds is 7. The lowest BCUT2D eigenvalue weighted by molar-refractivity contribution is 0.0731. The average molecular weight is 376 g/mol. The zero-order valence-electron chi connectivity index (χ0n) is 15.2. The highest BCUT2D eigenvalue weighted by Crippen LogP contribution is 2.21. The van der Waals surface area contributed by atoms with Gasteiger partial charge in [0.2, 0.25) is 0 Å². The van der Waals surface area contributed by atoms with Crippen molar-refractivity contribution in [2.45, 2.75) is 25.7 Å². The van der Waals surface area contributed by atoms with Crippen molar-refractivity contribution in [3.8, 4) is 0 Å². The Bertz CT molecular complexity index is 894. The molecule has 0 saturated heterocycles. The van der Waals surface area contributed by atoms with E-state index in [0.717, 1.165) is 5.56 Å². The lowest BCUT2D eigenvalue weighted by atomic mass is 10.1. The van der Waals surface area contributed by atoms with Gasteiger partial charge in [0, 0.05) is 24.3 Å². The van der Waals surface area contributed by atoms with E-state index in [4.69, 9.17) is 5.11 Å². The van der Waals surface area contributed by atoms with Gasteiger partial charge in [0.1, 0.15) is 0 Å². The van der Waals surface area contributed by atoms with E-state index < -0.39 is 10.0 Å². The summed E-state index contributed by atoms with van der Waals surface area (Å²) in [6.07, 6.45) is 0. The molecular formula is C19H24N2O4S. The third kappa shape index (κ3) is 4.62. The number of nitrogens with zero attached hydrogens (tertiary/aromatic N) is 1. The van der Waals surface area contributed by atoms with Gasteiger partial charge in [-0.2, -0.15) is 0 Å². The molecule has 0 aromatic heterocycles. The fourth-order valence-electron chi connectivity index (χ4n) is 2.62. The monoisotopic (exact) mass is 376 g/mol. The summed E-state index contributed by atoms with van der Waals surface area (Å²) in [6.45, 7) is 5.92. The number of sulfonamides is 1. The molecule has 7 heteroatoms. The van der Waals surface area contributed by atoms with E-state index in [1.807, 2.05) is 19.9 Å². The van der Waals surface area contributed by atoms with Gasteiger partial charge in [-0.1, -0.05) is 18.2 Å². The molecule has 140 valence electrons.